The van der Waals surface area contributed by atoms with Crippen molar-refractivity contribution >= 4 is 131 Å². The maximum Gasteiger partial charge on any atom is 0.0549 e. The molecule has 0 aliphatic heterocycles. The summed E-state index contributed by atoms with van der Waals surface area (Å²) in [6.45, 7) is 0. The van der Waals surface area contributed by atoms with Crippen LogP contribution in [0.4, 0.5) is 0 Å². The first-order valence-electron chi connectivity index (χ1n) is 47.6. The van der Waals surface area contributed by atoms with Crippen LogP contribution in [0.15, 0.2) is 461 Å². The number of benzene rings is 21. The molecule has 6 nitrogen and oxygen atoms in total. The quantitative estimate of drug-likeness (QED) is 0.145. The summed E-state index contributed by atoms with van der Waals surface area (Å²) in [6, 6.07) is 170. The normalized spacial score (nSPS) is 12.6. The van der Waals surface area contributed by atoms with Crippen molar-refractivity contribution in [1.29, 1.82) is 0 Å². The highest BCUT2D eigenvalue weighted by atomic mass is 15.0. The van der Waals surface area contributed by atoms with Crippen molar-refractivity contribution in [2.24, 2.45) is 0 Å². The molecule has 31 rings (SSSR count). The van der Waals surface area contributed by atoms with Crippen LogP contribution in [-0.4, -0.2) is 27.4 Å². The third-order valence-corrected chi connectivity index (χ3v) is 30.1. The Hall–Kier alpha value is -17.6. The zero-order valence-corrected chi connectivity index (χ0v) is 74.4. The number of aromatic nitrogens is 6. The highest BCUT2D eigenvalue weighted by Gasteiger charge is 2.33. The lowest BCUT2D eigenvalue weighted by atomic mass is 9.96. The lowest BCUT2D eigenvalue weighted by Crippen LogP contribution is -2.00. The van der Waals surface area contributed by atoms with Crippen LogP contribution in [0.2, 0.25) is 0 Å². The van der Waals surface area contributed by atoms with Crippen molar-refractivity contribution < 1.29 is 0 Å². The van der Waals surface area contributed by atoms with Crippen LogP contribution < -0.4 is 0 Å². The van der Waals surface area contributed by atoms with Gasteiger partial charge in [0.25, 0.3) is 0 Å². The van der Waals surface area contributed by atoms with Gasteiger partial charge >= 0.3 is 0 Å². The highest BCUT2D eigenvalue weighted by molar-refractivity contribution is 6.32. The maximum absolute atomic E-state index is 2.53. The molecule has 6 aromatic heterocycles. The zero-order valence-electron chi connectivity index (χ0n) is 74.4. The molecule has 6 heterocycles. The molecule has 4 aliphatic rings. The second-order valence-corrected chi connectivity index (χ2v) is 37.0. The van der Waals surface area contributed by atoms with E-state index < -0.39 is 0 Å². The summed E-state index contributed by atoms with van der Waals surface area (Å²) in [5.74, 6) is 0. The summed E-state index contributed by atoms with van der Waals surface area (Å²) in [5.41, 5.74) is 49.4. The van der Waals surface area contributed by atoms with E-state index in [1.807, 2.05) is 0 Å². The standard InChI is InChI=1S/C44H28N2.2C43H28N2/c1-3-13-29-27(11-1)25-35-31(29)17-9-21-39(35)45-37-19-7-5-15-33(37)43-41(45)23-24-42-44(43)34-16-6-8-20-38(34)46(42)40-22-10-18-32-30-14-4-2-12-28(30)26-36(32)40;1-3-13-28(14-4-1)30-19-11-20-31-32-21-12-24-39(36(32)27-35(30)31)45-38-23-10-8-18-34(38)43-41(45)26-25-40-42(43)33-17-7-9-22-37(33)44(40)29-15-5-2-6-16-29;1-2-12-28(13-3-1)29-15-10-17-32(27-29)44-36-21-8-6-19-34(36)42-39(44)24-25-40-43(42)35-20-7-9-22-37(35)45(40)38-23-11-16-31-26-30-14-4-5-18-33(30)41(31)38/h1-24H,25-26H2;1-26H,27H2;1-25,27H,26H2. The smallest absolute Gasteiger partial charge is 0.0549 e. The molecule has 0 atom stereocenters. The SMILES string of the molecule is c1ccc(-c2cccc(-n3c4ccccc4c4c5c6ccccc6n(-c6cccc7c6-c6ccccc6C7)c5ccc43)c2)cc1.c1ccc(-c2cccc3c2Cc2c-3cccc2-n2c3ccccc3c3c4c5ccccc5n(-c5ccccc5)c4ccc32)cc1.c1ccc2c(c1)Cc1c-2cccc1-n1c2ccccc2c2c3c4ccccc4n(-c4cccc5c4Cc4ccccc4-5)c3ccc21. The average Bonchev–Trinajstić information content (AvgIpc) is 1.55. The monoisotopic (exact) mass is 1730 g/mol. The van der Waals surface area contributed by atoms with Crippen LogP contribution in [0.25, 0.3) is 232 Å². The Kier molecular flexibility index (Phi) is 16.8. The number of fused-ring (bicyclic) bond motifs is 33. The second kappa shape index (κ2) is 30.0. The van der Waals surface area contributed by atoms with Gasteiger partial charge in [0.15, 0.2) is 0 Å². The molecule has 0 saturated heterocycles. The Balaban J connectivity index is 0.0000000989. The molecule has 0 N–H and O–H groups in total. The second-order valence-electron chi connectivity index (χ2n) is 37.0. The predicted molar refractivity (Wildman–Crippen MR) is 569 cm³/mol. The van der Waals surface area contributed by atoms with Crippen molar-refractivity contribution in [1.82, 2.24) is 27.4 Å². The van der Waals surface area contributed by atoms with Crippen LogP contribution in [0.1, 0.15) is 44.5 Å². The Morgan fingerprint density at radius 1 is 0.140 bits per heavy atom. The summed E-state index contributed by atoms with van der Waals surface area (Å²) in [5, 5.41) is 15.6. The first-order chi connectivity index (χ1) is 67.6. The van der Waals surface area contributed by atoms with Gasteiger partial charge in [-0.3, -0.25) is 0 Å². The van der Waals surface area contributed by atoms with Crippen LogP contribution in [0, 0.1) is 0 Å². The van der Waals surface area contributed by atoms with Gasteiger partial charge in [-0.05, 0) is 233 Å². The lowest BCUT2D eigenvalue weighted by Gasteiger charge is -2.14. The molecule has 0 unspecified atom stereocenters. The molecule has 0 saturated carbocycles. The van der Waals surface area contributed by atoms with E-state index in [4.69, 9.17) is 0 Å². The fraction of sp³-hybridized carbons (Fsp3) is 0.0308. The van der Waals surface area contributed by atoms with Gasteiger partial charge in [0.2, 0.25) is 0 Å². The maximum atomic E-state index is 2.53. The third-order valence-electron chi connectivity index (χ3n) is 30.1. The van der Waals surface area contributed by atoms with Crippen molar-refractivity contribution in [3.8, 4) is 101 Å². The third kappa shape index (κ3) is 11.2. The van der Waals surface area contributed by atoms with E-state index in [9.17, 15) is 0 Å². The highest BCUT2D eigenvalue weighted by Crippen LogP contribution is 2.53. The molecule has 0 fully saturated rings. The summed E-state index contributed by atoms with van der Waals surface area (Å²) < 4.78 is 14.9. The Morgan fingerprint density at radius 2 is 0.412 bits per heavy atom. The molecule has 27 aromatic rings. The fourth-order valence-electron chi connectivity index (χ4n) is 24.6. The van der Waals surface area contributed by atoms with E-state index in [0.29, 0.717) is 0 Å². The van der Waals surface area contributed by atoms with Gasteiger partial charge in [0.1, 0.15) is 0 Å². The van der Waals surface area contributed by atoms with Crippen LogP contribution in [0.3, 0.4) is 0 Å². The minimum Gasteiger partial charge on any atom is -0.309 e. The molecule has 0 bridgehead atoms. The first-order valence-corrected chi connectivity index (χ1v) is 47.6. The van der Waals surface area contributed by atoms with Crippen molar-refractivity contribution in [2.45, 2.75) is 25.7 Å². The molecular formula is C130H84N6. The van der Waals surface area contributed by atoms with E-state index in [2.05, 4.69) is 488 Å². The lowest BCUT2D eigenvalue weighted by molar-refractivity contribution is 1.12. The number of nitrogens with zero attached hydrogens (tertiary/aromatic N) is 6. The van der Waals surface area contributed by atoms with Gasteiger partial charge in [0, 0.05) is 101 Å². The number of rotatable bonds is 8. The average molecular weight is 1730 g/mol. The van der Waals surface area contributed by atoms with Gasteiger partial charge < -0.3 is 27.4 Å². The Labute approximate surface area is 784 Å². The van der Waals surface area contributed by atoms with E-state index >= 15 is 0 Å². The van der Waals surface area contributed by atoms with E-state index in [0.717, 1.165) is 25.7 Å². The number of hydrogen-bond donors (Lipinski definition) is 0. The van der Waals surface area contributed by atoms with Crippen LogP contribution in [-0.2, 0) is 25.7 Å². The first kappa shape index (κ1) is 76.2. The number of hydrogen-bond acceptors (Lipinski definition) is 0. The van der Waals surface area contributed by atoms with Gasteiger partial charge in [-0.1, -0.05) is 340 Å². The van der Waals surface area contributed by atoms with Crippen molar-refractivity contribution in [3.63, 3.8) is 0 Å². The largest absolute Gasteiger partial charge is 0.309 e. The van der Waals surface area contributed by atoms with Gasteiger partial charge in [0.05, 0.1) is 88.9 Å². The molecule has 6 heteroatoms. The molecule has 21 aromatic carbocycles. The van der Waals surface area contributed by atoms with E-state index in [1.165, 1.54) is 276 Å². The summed E-state index contributed by atoms with van der Waals surface area (Å²) in [7, 11) is 0. The minimum absolute atomic E-state index is 0.912. The summed E-state index contributed by atoms with van der Waals surface area (Å²) in [6.07, 6.45) is 3.81. The van der Waals surface area contributed by atoms with Crippen molar-refractivity contribution in [2.75, 3.05) is 0 Å². The summed E-state index contributed by atoms with van der Waals surface area (Å²) in [4.78, 5) is 0. The van der Waals surface area contributed by atoms with Gasteiger partial charge in [-0.15, -0.1) is 0 Å². The molecule has 634 valence electrons. The van der Waals surface area contributed by atoms with E-state index in [1.54, 1.807) is 0 Å². The molecule has 4 aliphatic carbocycles. The van der Waals surface area contributed by atoms with E-state index in [-0.39, 0.29) is 0 Å². The van der Waals surface area contributed by atoms with Crippen molar-refractivity contribution in [3.05, 3.63) is 506 Å². The Bertz CT molecular complexity index is 9550. The predicted octanol–water partition coefficient (Wildman–Crippen LogP) is 33.3. The molecule has 0 radical (unpaired) electrons. The fourth-order valence-corrected chi connectivity index (χ4v) is 24.6. The minimum atomic E-state index is 0.912. The molecule has 0 spiro atoms. The summed E-state index contributed by atoms with van der Waals surface area (Å²) >= 11 is 0. The van der Waals surface area contributed by atoms with Gasteiger partial charge in [-0.2, -0.15) is 0 Å². The zero-order chi connectivity index (χ0) is 88.9. The van der Waals surface area contributed by atoms with Gasteiger partial charge in [-0.25, -0.2) is 0 Å². The topological polar surface area (TPSA) is 29.6 Å². The molecular weight excluding hydrogens is 1650 g/mol. The van der Waals surface area contributed by atoms with Crippen LogP contribution >= 0.6 is 0 Å². The Morgan fingerprint density at radius 3 is 0.860 bits per heavy atom. The van der Waals surface area contributed by atoms with Crippen LogP contribution in [0.5, 0.6) is 0 Å². The molecule has 136 heavy (non-hydrogen) atoms. The molecule has 0 amide bonds. The number of para-hydroxylation sites is 7.